The fourth-order valence-electron chi connectivity index (χ4n) is 6.52. The van der Waals surface area contributed by atoms with Gasteiger partial charge in [0.25, 0.3) is 17.7 Å². The zero-order valence-electron chi connectivity index (χ0n) is 34.9. The van der Waals surface area contributed by atoms with Crippen molar-refractivity contribution in [1.29, 1.82) is 0 Å². The summed E-state index contributed by atoms with van der Waals surface area (Å²) >= 11 is 0. The number of imide groups is 2. The molecule has 0 aromatic heterocycles. The molecule has 2 heterocycles. The molecule has 0 aromatic carbocycles. The summed E-state index contributed by atoms with van der Waals surface area (Å²) in [5, 5.41) is 14.5. The lowest BCUT2D eigenvalue weighted by Gasteiger charge is -2.31. The van der Waals surface area contributed by atoms with Crippen molar-refractivity contribution in [3.63, 3.8) is 0 Å². The molecule has 0 aromatic rings. The molecule has 0 bridgehead atoms. The van der Waals surface area contributed by atoms with E-state index >= 15 is 0 Å². The van der Waals surface area contributed by atoms with Crippen LogP contribution in [-0.4, -0.2) is 134 Å². The average Bonchev–Trinajstić information content (AvgIpc) is 3.52. The van der Waals surface area contributed by atoms with Gasteiger partial charge in [-0.1, -0.05) is 89.9 Å². The Bertz CT molecular complexity index is 1280. The fourth-order valence-corrected chi connectivity index (χ4v) is 6.52. The maximum absolute atomic E-state index is 12.9. The van der Waals surface area contributed by atoms with E-state index in [1.165, 1.54) is 57.8 Å². The number of rotatable bonds is 37. The van der Waals surface area contributed by atoms with Crippen LogP contribution < -0.4 is 10.6 Å². The molecule has 2 saturated heterocycles. The van der Waals surface area contributed by atoms with E-state index in [2.05, 4.69) is 15.5 Å². The molecule has 18 nitrogen and oxygen atoms in total. The van der Waals surface area contributed by atoms with Gasteiger partial charge in [-0.3, -0.25) is 38.5 Å². The molecule has 0 radical (unpaired) electrons. The number of carbonyl (C=O) groups is 8. The number of hydrogen-bond acceptors (Lipinski definition) is 13. The van der Waals surface area contributed by atoms with Crippen molar-refractivity contribution in [2.24, 2.45) is 0 Å². The summed E-state index contributed by atoms with van der Waals surface area (Å²) < 4.78 is 21.2. The number of carboxylic acids is 1. The van der Waals surface area contributed by atoms with Crippen LogP contribution in [-0.2, 0) is 62.1 Å². The predicted molar refractivity (Wildman–Crippen MR) is 212 cm³/mol. The average molecular weight is 841 g/mol. The zero-order chi connectivity index (χ0) is 42.9. The smallest absolute Gasteiger partial charge is 0.358 e. The van der Waals surface area contributed by atoms with E-state index < -0.39 is 42.3 Å². The van der Waals surface area contributed by atoms with Crippen molar-refractivity contribution in [2.75, 3.05) is 65.9 Å². The summed E-state index contributed by atoms with van der Waals surface area (Å²) in [7, 11) is 0. The molecule has 2 fully saturated rings. The second kappa shape index (κ2) is 32.8. The summed E-state index contributed by atoms with van der Waals surface area (Å²) in [5.41, 5.74) is 0. The van der Waals surface area contributed by atoms with Crippen molar-refractivity contribution in [2.45, 2.75) is 147 Å². The van der Waals surface area contributed by atoms with Crippen LogP contribution in [0.1, 0.15) is 141 Å². The van der Waals surface area contributed by atoms with Gasteiger partial charge < -0.3 is 39.5 Å². The van der Waals surface area contributed by atoms with Crippen LogP contribution in [0.3, 0.4) is 0 Å². The predicted octanol–water partition coefficient (Wildman–Crippen LogP) is 3.52. The van der Waals surface area contributed by atoms with Crippen LogP contribution in [0.4, 0.5) is 0 Å². The van der Waals surface area contributed by atoms with Crippen molar-refractivity contribution in [3.05, 3.63) is 0 Å². The van der Waals surface area contributed by atoms with Crippen molar-refractivity contribution >= 4 is 47.4 Å². The van der Waals surface area contributed by atoms with E-state index in [-0.39, 0.29) is 109 Å². The molecule has 0 saturated carbocycles. The summed E-state index contributed by atoms with van der Waals surface area (Å²) in [6, 6.07) is -0.727. The lowest BCUT2D eigenvalue weighted by Crippen LogP contribution is -2.55. The van der Waals surface area contributed by atoms with Gasteiger partial charge in [-0.25, -0.2) is 4.79 Å². The molecule has 3 N–H and O–H groups in total. The van der Waals surface area contributed by atoms with E-state index in [9.17, 15) is 38.4 Å². The lowest BCUT2D eigenvalue weighted by atomic mass is 10.0. The van der Waals surface area contributed by atoms with Crippen LogP contribution in [0.5, 0.6) is 0 Å². The van der Waals surface area contributed by atoms with Crippen LogP contribution in [0, 0.1) is 0 Å². The zero-order valence-corrected chi connectivity index (χ0v) is 34.9. The van der Waals surface area contributed by atoms with Gasteiger partial charge in [0.1, 0.15) is 19.3 Å². The molecule has 0 aliphatic carbocycles. The molecular formula is C41H68N4O14. The quantitative estimate of drug-likeness (QED) is 0.0600. The Morgan fingerprint density at radius 3 is 1.61 bits per heavy atom. The lowest BCUT2D eigenvalue weighted by molar-refractivity contribution is -0.200. The van der Waals surface area contributed by atoms with E-state index in [0.717, 1.165) is 49.8 Å². The Kier molecular flexibility index (Phi) is 28.4. The Morgan fingerprint density at radius 2 is 1.05 bits per heavy atom. The molecule has 2 rings (SSSR count). The highest BCUT2D eigenvalue weighted by Crippen LogP contribution is 2.16. The molecule has 1 atom stereocenters. The molecule has 18 heteroatoms. The van der Waals surface area contributed by atoms with Gasteiger partial charge in [-0.15, -0.1) is 5.06 Å². The number of amides is 6. The molecule has 2 aliphatic rings. The maximum atomic E-state index is 12.9. The van der Waals surface area contributed by atoms with Crippen LogP contribution >= 0.6 is 0 Å². The van der Waals surface area contributed by atoms with Crippen molar-refractivity contribution < 1.29 is 67.2 Å². The molecule has 59 heavy (non-hydrogen) atoms. The maximum Gasteiger partial charge on any atom is 0.358 e. The Labute approximate surface area is 348 Å². The van der Waals surface area contributed by atoms with Gasteiger partial charge in [-0.2, -0.15) is 0 Å². The minimum absolute atomic E-state index is 0.00490. The number of aliphatic carboxylic acids is 1. The van der Waals surface area contributed by atoms with Crippen LogP contribution in [0.15, 0.2) is 0 Å². The highest BCUT2D eigenvalue weighted by Gasteiger charge is 2.35. The summed E-state index contributed by atoms with van der Waals surface area (Å²) in [6.45, 7) is 0.334. The minimum atomic E-state index is -0.876. The number of unbranched alkanes of at least 4 members (excludes halogenated alkanes) is 15. The van der Waals surface area contributed by atoms with E-state index in [0.29, 0.717) is 11.5 Å². The number of ether oxygens (including phenoxy) is 4. The normalized spacial score (nSPS) is 15.6. The first-order chi connectivity index (χ1) is 28.6. The highest BCUT2D eigenvalue weighted by atomic mass is 16.7. The van der Waals surface area contributed by atoms with E-state index in [4.69, 9.17) is 24.1 Å². The van der Waals surface area contributed by atoms with Crippen LogP contribution in [0.2, 0.25) is 0 Å². The first-order valence-electron chi connectivity index (χ1n) is 21.6. The second-order valence-electron chi connectivity index (χ2n) is 14.8. The number of hydroxylamine groups is 2. The van der Waals surface area contributed by atoms with E-state index in [1.54, 1.807) is 0 Å². The molecule has 0 spiro atoms. The highest BCUT2D eigenvalue weighted by molar-refractivity contribution is 6.02. The van der Waals surface area contributed by atoms with Gasteiger partial charge >= 0.3 is 11.9 Å². The second-order valence-corrected chi connectivity index (χ2v) is 14.8. The standard InChI is InChI=1S/C41H68N4O14/c46-34(17-15-13-11-9-7-5-3-1-2-4-6-8-10-12-14-16-18-39(51)52)43-33-19-20-36(48)44(41(33)54)24-26-56-28-29-57-31-35(47)42-23-25-55-27-30-58-32-40(53)59-45-37(49)21-22-38(45)50/h33H,1-32H2,(H,42,47)(H,43,46)(H,51,52)/t33-/m0/s1. The number of carboxylic acid groups (broad SMARTS) is 1. The number of nitrogens with one attached hydrogen (secondary N) is 2. The molecule has 336 valence electrons. The largest absolute Gasteiger partial charge is 0.481 e. The Balaban J connectivity index is 1.37. The molecular weight excluding hydrogens is 772 g/mol. The minimum Gasteiger partial charge on any atom is -0.481 e. The Morgan fingerprint density at radius 1 is 0.559 bits per heavy atom. The third-order valence-corrected chi connectivity index (χ3v) is 9.82. The van der Waals surface area contributed by atoms with E-state index in [1.807, 2.05) is 0 Å². The van der Waals surface area contributed by atoms with Gasteiger partial charge in [0.05, 0.1) is 46.2 Å². The van der Waals surface area contributed by atoms with Gasteiger partial charge in [-0.05, 0) is 19.3 Å². The molecule has 6 amide bonds. The Hall–Kier alpha value is -4.00. The number of carbonyl (C=O) groups excluding carboxylic acids is 7. The number of piperidine rings is 1. The summed E-state index contributed by atoms with van der Waals surface area (Å²) in [6.07, 6.45) is 19.2. The van der Waals surface area contributed by atoms with Crippen molar-refractivity contribution in [1.82, 2.24) is 20.6 Å². The topological polar surface area (TPSA) is 233 Å². The summed E-state index contributed by atoms with van der Waals surface area (Å²) in [4.78, 5) is 101. The first kappa shape index (κ1) is 51.1. The van der Waals surface area contributed by atoms with Gasteiger partial charge in [0, 0.05) is 38.6 Å². The fraction of sp³-hybridized carbons (Fsp3) is 0.805. The molecule has 0 unspecified atom stereocenters. The van der Waals surface area contributed by atoms with Gasteiger partial charge in [0.2, 0.25) is 17.7 Å². The number of likely N-dealkylation sites (tertiary alicyclic amines) is 1. The van der Waals surface area contributed by atoms with Crippen LogP contribution in [0.25, 0.3) is 0 Å². The van der Waals surface area contributed by atoms with Crippen molar-refractivity contribution in [3.8, 4) is 0 Å². The molecule has 2 aliphatic heterocycles. The first-order valence-corrected chi connectivity index (χ1v) is 21.6. The van der Waals surface area contributed by atoms with Gasteiger partial charge in [0.15, 0.2) is 0 Å². The summed E-state index contributed by atoms with van der Waals surface area (Å²) in [5.74, 6) is -4.00. The number of hydrogen-bond donors (Lipinski definition) is 3. The SMILES string of the molecule is O=C(O)CCCCCCCCCCCCCCCCCCC(=O)N[C@H]1CCC(=O)N(CCOCCOCC(=O)NCCOCCOCC(=O)ON2C(=O)CCC2=O)C1=O. The number of nitrogens with zero attached hydrogens (tertiary/aromatic N) is 2. The third-order valence-electron chi connectivity index (χ3n) is 9.82. The third kappa shape index (κ3) is 25.3. The monoisotopic (exact) mass is 840 g/mol.